The first kappa shape index (κ1) is 39.0. The molecule has 8 heteroatoms. The summed E-state index contributed by atoms with van der Waals surface area (Å²) in [4.78, 5) is 17.5. The molecule has 1 amide bonds. The fourth-order valence-electron chi connectivity index (χ4n) is 6.99. The molecule has 1 aromatic heterocycles. The van der Waals surface area contributed by atoms with Crippen molar-refractivity contribution in [3.8, 4) is 5.75 Å². The monoisotopic (exact) mass is 706 g/mol. The predicted octanol–water partition coefficient (Wildman–Crippen LogP) is 6.49. The van der Waals surface area contributed by atoms with Crippen LogP contribution in [0.1, 0.15) is 69.6 Å². The maximum absolute atomic E-state index is 12.7. The number of rotatable bonds is 21. The summed E-state index contributed by atoms with van der Waals surface area (Å²) >= 11 is 0. The zero-order chi connectivity index (χ0) is 36.5. The minimum absolute atomic E-state index is 0.150. The van der Waals surface area contributed by atoms with Crippen molar-refractivity contribution in [1.82, 2.24) is 15.5 Å². The molecule has 0 aliphatic carbocycles. The van der Waals surface area contributed by atoms with Gasteiger partial charge in [-0.15, -0.1) is 0 Å². The Balaban J connectivity index is 0.988. The van der Waals surface area contributed by atoms with Crippen molar-refractivity contribution >= 4 is 34.5 Å². The van der Waals surface area contributed by atoms with Gasteiger partial charge in [0.1, 0.15) is 25.0 Å². The molecule has 0 fully saturated rings. The van der Waals surface area contributed by atoms with Gasteiger partial charge in [-0.3, -0.25) is 4.79 Å². The number of carbonyl (C=O) groups excluding carboxylic acids is 1. The van der Waals surface area contributed by atoms with Crippen molar-refractivity contribution in [2.24, 2.45) is 0 Å². The molecule has 4 aromatic rings. The Morgan fingerprint density at radius 2 is 1.79 bits per heavy atom. The first-order valence-electron chi connectivity index (χ1n) is 19.5. The molecule has 2 atom stereocenters. The number of anilines is 1. The number of benzene rings is 3. The molecule has 0 spiro atoms. The van der Waals surface area contributed by atoms with Gasteiger partial charge in [-0.25, -0.2) is 4.57 Å². The number of amides is 1. The van der Waals surface area contributed by atoms with E-state index in [1.165, 1.54) is 16.8 Å². The third-order valence-corrected chi connectivity index (χ3v) is 10.1. The standard InChI is InChI=1S/C44H59N5O3/c1-4-47(5-2)26-9-12-35(3)46-44(51)24-31-49-28-10-15-39-32-37(20-21-42(39)49)19-18-36-22-29-48(30-23-36)27-11-25-45-33-40(50)34-52-43-17-8-14-38-13-6-7-16-41(38)43/h6-8,13-14,16-23,29-30,32,35,40,45,50H,4-5,9-12,15,24-28,31,33-34H2,1-3H3/p+1. The second-order valence-electron chi connectivity index (χ2n) is 14.1. The van der Waals surface area contributed by atoms with E-state index < -0.39 is 6.10 Å². The predicted molar refractivity (Wildman–Crippen MR) is 215 cm³/mol. The summed E-state index contributed by atoms with van der Waals surface area (Å²) in [7, 11) is 0. The minimum Gasteiger partial charge on any atom is -0.490 e. The largest absolute Gasteiger partial charge is 0.490 e. The molecule has 3 aromatic carbocycles. The number of nitrogens with zero attached hydrogens (tertiary/aromatic N) is 3. The highest BCUT2D eigenvalue weighted by atomic mass is 16.5. The topological polar surface area (TPSA) is 81.0 Å². The Morgan fingerprint density at radius 3 is 2.62 bits per heavy atom. The number of aliphatic hydroxyl groups is 1. The number of hydrogen-bond acceptors (Lipinski definition) is 6. The van der Waals surface area contributed by atoms with Crippen LogP contribution in [0.25, 0.3) is 22.9 Å². The molecule has 0 bridgehead atoms. The van der Waals surface area contributed by atoms with Crippen molar-refractivity contribution in [3.05, 3.63) is 102 Å². The van der Waals surface area contributed by atoms with Gasteiger partial charge in [-0.05, 0) is 92.5 Å². The SMILES string of the molecule is CCN(CC)CCCC(C)NC(=O)CCN1CCCc2cc(C=Cc3cc[n+](CCCNCC(O)COc4cccc5ccccc45)cc3)ccc21. The Bertz CT molecular complexity index is 1700. The van der Waals surface area contributed by atoms with Crippen molar-refractivity contribution in [2.45, 2.75) is 78.0 Å². The number of nitrogens with one attached hydrogen (secondary N) is 2. The summed E-state index contributed by atoms with van der Waals surface area (Å²) in [5.41, 5.74) is 4.99. The third kappa shape index (κ3) is 12.2. The lowest BCUT2D eigenvalue weighted by Crippen LogP contribution is -2.37. The molecule has 0 saturated heterocycles. The summed E-state index contributed by atoms with van der Waals surface area (Å²) in [6.07, 6.45) is 13.8. The van der Waals surface area contributed by atoms with E-state index in [0.29, 0.717) is 13.0 Å². The average molecular weight is 707 g/mol. The Morgan fingerprint density at radius 1 is 1.00 bits per heavy atom. The van der Waals surface area contributed by atoms with E-state index in [0.717, 1.165) is 100 Å². The zero-order valence-electron chi connectivity index (χ0n) is 31.6. The molecular weight excluding hydrogens is 647 g/mol. The minimum atomic E-state index is -0.573. The van der Waals surface area contributed by atoms with E-state index in [-0.39, 0.29) is 18.6 Å². The number of carbonyl (C=O) groups is 1. The van der Waals surface area contributed by atoms with E-state index >= 15 is 0 Å². The molecule has 8 nitrogen and oxygen atoms in total. The molecular formula is C44H60N5O3+. The quantitative estimate of drug-likeness (QED) is 0.0680. The van der Waals surface area contributed by atoms with Crippen LogP contribution in [0.3, 0.4) is 0 Å². The molecule has 3 N–H and O–H groups in total. The van der Waals surface area contributed by atoms with Crippen LogP contribution in [0, 0.1) is 0 Å². The van der Waals surface area contributed by atoms with Crippen LogP contribution in [0.15, 0.2) is 85.2 Å². The van der Waals surface area contributed by atoms with E-state index in [4.69, 9.17) is 4.74 Å². The van der Waals surface area contributed by atoms with Crippen LogP contribution < -0.4 is 24.8 Å². The van der Waals surface area contributed by atoms with Gasteiger partial charge >= 0.3 is 0 Å². The maximum Gasteiger partial charge on any atom is 0.221 e. The van der Waals surface area contributed by atoms with Gasteiger partial charge in [0.25, 0.3) is 0 Å². The average Bonchev–Trinajstić information content (AvgIpc) is 3.17. The first-order valence-corrected chi connectivity index (χ1v) is 19.5. The molecule has 5 rings (SSSR count). The molecule has 0 saturated carbocycles. The van der Waals surface area contributed by atoms with Gasteiger partial charge in [0.05, 0.1) is 0 Å². The van der Waals surface area contributed by atoms with Crippen LogP contribution in [-0.4, -0.2) is 80.5 Å². The lowest BCUT2D eigenvalue weighted by Gasteiger charge is -2.31. The molecule has 0 radical (unpaired) electrons. The van der Waals surface area contributed by atoms with Crippen LogP contribution in [-0.2, 0) is 17.8 Å². The summed E-state index contributed by atoms with van der Waals surface area (Å²) in [5, 5.41) is 19.2. The van der Waals surface area contributed by atoms with Gasteiger partial charge in [0.2, 0.25) is 5.91 Å². The number of hydrogen-bond donors (Lipinski definition) is 3. The highest BCUT2D eigenvalue weighted by molar-refractivity contribution is 5.88. The molecule has 52 heavy (non-hydrogen) atoms. The van der Waals surface area contributed by atoms with Crippen LogP contribution in [0.2, 0.25) is 0 Å². The molecule has 1 aliphatic rings. The second kappa shape index (κ2) is 20.7. The van der Waals surface area contributed by atoms with E-state index in [1.807, 2.05) is 30.3 Å². The highest BCUT2D eigenvalue weighted by Gasteiger charge is 2.18. The number of pyridine rings is 1. The van der Waals surface area contributed by atoms with Crippen molar-refractivity contribution in [2.75, 3.05) is 57.3 Å². The fraction of sp³-hybridized carbons (Fsp3) is 0.455. The van der Waals surface area contributed by atoms with Crippen LogP contribution >= 0.6 is 0 Å². The van der Waals surface area contributed by atoms with Crippen molar-refractivity contribution in [3.63, 3.8) is 0 Å². The summed E-state index contributed by atoms with van der Waals surface area (Å²) in [5.74, 6) is 0.954. The van der Waals surface area contributed by atoms with Crippen molar-refractivity contribution in [1.29, 1.82) is 0 Å². The maximum atomic E-state index is 12.7. The summed E-state index contributed by atoms with van der Waals surface area (Å²) in [6, 6.07) is 25.4. The van der Waals surface area contributed by atoms with Gasteiger partial charge in [0.15, 0.2) is 12.4 Å². The van der Waals surface area contributed by atoms with Gasteiger partial charge < -0.3 is 30.3 Å². The van der Waals surface area contributed by atoms with E-state index in [9.17, 15) is 9.90 Å². The Hall–Kier alpha value is -4.24. The highest BCUT2D eigenvalue weighted by Crippen LogP contribution is 2.29. The zero-order valence-corrected chi connectivity index (χ0v) is 31.6. The molecule has 2 heterocycles. The molecule has 278 valence electrons. The van der Waals surface area contributed by atoms with Gasteiger partial charge in [0, 0.05) is 68.3 Å². The number of aryl methyl sites for hydroxylation is 2. The van der Waals surface area contributed by atoms with E-state index in [1.54, 1.807) is 0 Å². The van der Waals surface area contributed by atoms with Crippen LogP contribution in [0.5, 0.6) is 5.75 Å². The van der Waals surface area contributed by atoms with E-state index in [2.05, 4.69) is 113 Å². The Labute approximate surface area is 311 Å². The van der Waals surface area contributed by atoms with Crippen LogP contribution in [0.4, 0.5) is 5.69 Å². The first-order chi connectivity index (χ1) is 25.4. The Kier molecular flexibility index (Phi) is 15.5. The lowest BCUT2D eigenvalue weighted by molar-refractivity contribution is -0.697. The normalized spacial score (nSPS) is 14.1. The van der Waals surface area contributed by atoms with Gasteiger partial charge in [-0.1, -0.05) is 68.5 Å². The number of aliphatic hydroxyl groups excluding tert-OH is 1. The molecule has 1 aliphatic heterocycles. The third-order valence-electron chi connectivity index (χ3n) is 10.1. The second-order valence-corrected chi connectivity index (χ2v) is 14.1. The number of ether oxygens (including phenoxy) is 1. The smallest absolute Gasteiger partial charge is 0.221 e. The fourth-order valence-corrected chi connectivity index (χ4v) is 6.99. The van der Waals surface area contributed by atoms with Crippen molar-refractivity contribution < 1.29 is 19.2 Å². The lowest BCUT2D eigenvalue weighted by atomic mass is 9.98. The summed E-state index contributed by atoms with van der Waals surface area (Å²) in [6.45, 7) is 14.0. The number of aromatic nitrogens is 1. The summed E-state index contributed by atoms with van der Waals surface area (Å²) < 4.78 is 8.12. The van der Waals surface area contributed by atoms with Gasteiger partial charge in [-0.2, -0.15) is 0 Å². The number of fused-ring (bicyclic) bond motifs is 2. The molecule has 2 unspecified atom stereocenters.